The monoisotopic (exact) mass is 378 g/mol. The summed E-state index contributed by atoms with van der Waals surface area (Å²) < 4.78 is 5.46. The molecule has 1 N–H and O–H groups in total. The van der Waals surface area contributed by atoms with Crippen LogP contribution in [0.4, 0.5) is 5.69 Å². The first-order chi connectivity index (χ1) is 11.1. The van der Waals surface area contributed by atoms with Crippen molar-refractivity contribution in [1.82, 2.24) is 5.32 Å². The number of hydrogen-bond donors (Lipinski definition) is 1. The summed E-state index contributed by atoms with van der Waals surface area (Å²) in [6, 6.07) is 13.7. The van der Waals surface area contributed by atoms with E-state index in [2.05, 4.69) is 21.2 Å². The Hall–Kier alpha value is -2.41. The lowest BCUT2D eigenvalue weighted by atomic mass is 10.1. The van der Waals surface area contributed by atoms with Crippen LogP contribution in [0.5, 0.6) is 5.75 Å². The first-order valence-corrected chi connectivity index (χ1v) is 8.03. The number of benzene rings is 2. The van der Waals surface area contributed by atoms with E-state index in [1.165, 1.54) is 6.07 Å². The van der Waals surface area contributed by atoms with Gasteiger partial charge in [0.2, 0.25) is 0 Å². The van der Waals surface area contributed by atoms with Crippen LogP contribution in [-0.4, -0.2) is 24.0 Å². The first-order valence-electron chi connectivity index (χ1n) is 6.91. The lowest BCUT2D eigenvalue weighted by Gasteiger charge is -2.08. The predicted octanol–water partition coefficient (Wildman–Crippen LogP) is 3.30. The van der Waals surface area contributed by atoms with Crippen molar-refractivity contribution in [2.75, 3.05) is 13.2 Å². The molecule has 6 nitrogen and oxygen atoms in total. The van der Waals surface area contributed by atoms with Gasteiger partial charge < -0.3 is 10.1 Å². The fourth-order valence-corrected chi connectivity index (χ4v) is 2.41. The van der Waals surface area contributed by atoms with Gasteiger partial charge in [0.05, 0.1) is 11.5 Å². The Morgan fingerprint density at radius 3 is 2.61 bits per heavy atom. The molecule has 0 fully saturated rings. The van der Waals surface area contributed by atoms with Crippen molar-refractivity contribution in [2.45, 2.75) is 5.33 Å². The van der Waals surface area contributed by atoms with Crippen LogP contribution in [0.25, 0.3) is 0 Å². The van der Waals surface area contributed by atoms with E-state index in [0.717, 1.165) is 5.75 Å². The molecule has 0 aliphatic carbocycles. The largest absolute Gasteiger partial charge is 0.492 e. The van der Waals surface area contributed by atoms with Crippen molar-refractivity contribution in [3.8, 4) is 5.75 Å². The SMILES string of the molecule is O=C(NCCOc1ccccc1)c1ccc(CBr)c([N+](=O)[O-])c1. The number of rotatable bonds is 7. The molecular weight excluding hydrogens is 364 g/mol. The molecule has 0 saturated heterocycles. The van der Waals surface area contributed by atoms with Crippen molar-refractivity contribution in [3.05, 3.63) is 69.8 Å². The number of hydrogen-bond acceptors (Lipinski definition) is 4. The standard InChI is InChI=1S/C16H15BrN2O4/c17-11-13-7-6-12(10-15(13)19(21)22)16(20)18-8-9-23-14-4-2-1-3-5-14/h1-7,10H,8-9,11H2,(H,18,20). The maximum absolute atomic E-state index is 12.0. The summed E-state index contributed by atoms with van der Waals surface area (Å²) in [5.41, 5.74) is 0.704. The molecule has 0 aromatic heterocycles. The van der Waals surface area contributed by atoms with E-state index in [4.69, 9.17) is 4.74 Å². The van der Waals surface area contributed by atoms with Crippen LogP contribution < -0.4 is 10.1 Å². The number of nitro groups is 1. The van der Waals surface area contributed by atoms with Crippen LogP contribution in [-0.2, 0) is 5.33 Å². The molecule has 0 atom stereocenters. The molecule has 2 aromatic rings. The lowest BCUT2D eigenvalue weighted by Crippen LogP contribution is -2.28. The number of ether oxygens (including phenoxy) is 1. The Morgan fingerprint density at radius 2 is 1.96 bits per heavy atom. The van der Waals surface area contributed by atoms with Gasteiger partial charge >= 0.3 is 0 Å². The zero-order valence-corrected chi connectivity index (χ0v) is 13.8. The highest BCUT2D eigenvalue weighted by atomic mass is 79.9. The number of carbonyl (C=O) groups excluding carboxylic acids is 1. The van der Waals surface area contributed by atoms with Gasteiger partial charge in [0.1, 0.15) is 12.4 Å². The Morgan fingerprint density at radius 1 is 1.22 bits per heavy atom. The molecule has 0 radical (unpaired) electrons. The van der Waals surface area contributed by atoms with Crippen molar-refractivity contribution in [3.63, 3.8) is 0 Å². The Balaban J connectivity index is 1.90. The number of halogens is 1. The summed E-state index contributed by atoms with van der Waals surface area (Å²) >= 11 is 3.19. The average molecular weight is 379 g/mol. The van der Waals surface area contributed by atoms with Crippen LogP contribution in [0.3, 0.4) is 0 Å². The summed E-state index contributed by atoms with van der Waals surface area (Å²) in [5, 5.41) is 14.0. The van der Waals surface area contributed by atoms with Crippen LogP contribution in [0.1, 0.15) is 15.9 Å². The molecule has 0 aliphatic rings. The third-order valence-corrected chi connectivity index (χ3v) is 3.69. The molecule has 0 heterocycles. The minimum absolute atomic E-state index is 0.0740. The van der Waals surface area contributed by atoms with Crippen molar-refractivity contribution in [1.29, 1.82) is 0 Å². The summed E-state index contributed by atoms with van der Waals surface area (Å²) in [4.78, 5) is 22.5. The predicted molar refractivity (Wildman–Crippen MR) is 90.0 cm³/mol. The number of para-hydroxylation sites is 1. The maximum atomic E-state index is 12.0. The molecule has 7 heteroatoms. The molecule has 0 spiro atoms. The minimum atomic E-state index is -0.494. The van der Waals surface area contributed by atoms with Crippen molar-refractivity contribution in [2.24, 2.45) is 0 Å². The van der Waals surface area contributed by atoms with Gasteiger partial charge in [0.15, 0.2) is 0 Å². The van der Waals surface area contributed by atoms with E-state index in [9.17, 15) is 14.9 Å². The molecule has 2 rings (SSSR count). The van der Waals surface area contributed by atoms with Gasteiger partial charge in [-0.25, -0.2) is 0 Å². The van der Waals surface area contributed by atoms with Crippen LogP contribution >= 0.6 is 15.9 Å². The summed E-state index contributed by atoms with van der Waals surface area (Å²) in [5.74, 6) is 0.352. The molecule has 1 amide bonds. The highest BCUT2D eigenvalue weighted by Gasteiger charge is 2.16. The van der Waals surface area contributed by atoms with E-state index >= 15 is 0 Å². The molecule has 23 heavy (non-hydrogen) atoms. The highest BCUT2D eigenvalue weighted by Crippen LogP contribution is 2.22. The Bertz CT molecular complexity index is 692. The van der Waals surface area contributed by atoms with E-state index in [0.29, 0.717) is 24.0 Å². The van der Waals surface area contributed by atoms with Gasteiger partial charge in [-0.05, 0) is 18.2 Å². The summed E-state index contributed by atoms with van der Waals surface area (Å²) in [6.45, 7) is 0.624. The lowest BCUT2D eigenvalue weighted by molar-refractivity contribution is -0.385. The zero-order chi connectivity index (χ0) is 16.7. The smallest absolute Gasteiger partial charge is 0.274 e. The van der Waals surface area contributed by atoms with Gasteiger partial charge in [0, 0.05) is 22.5 Å². The second kappa shape index (κ2) is 8.28. The van der Waals surface area contributed by atoms with Crippen LogP contribution in [0.15, 0.2) is 48.5 Å². The molecule has 0 bridgehead atoms. The number of alkyl halides is 1. The quantitative estimate of drug-likeness (QED) is 0.346. The third kappa shape index (κ3) is 4.79. The normalized spacial score (nSPS) is 10.1. The first kappa shape index (κ1) is 17.0. The zero-order valence-electron chi connectivity index (χ0n) is 12.2. The topological polar surface area (TPSA) is 81.5 Å². The summed E-state index contributed by atoms with van der Waals surface area (Å²) in [6.07, 6.45) is 0. The van der Waals surface area contributed by atoms with E-state index in [-0.39, 0.29) is 17.2 Å². The second-order valence-corrected chi connectivity index (χ2v) is 5.21. The van der Waals surface area contributed by atoms with E-state index < -0.39 is 4.92 Å². The minimum Gasteiger partial charge on any atom is -0.492 e. The molecule has 120 valence electrons. The van der Waals surface area contributed by atoms with Gasteiger partial charge in [-0.2, -0.15) is 0 Å². The molecule has 0 unspecified atom stereocenters. The highest BCUT2D eigenvalue weighted by molar-refractivity contribution is 9.08. The van der Waals surface area contributed by atoms with Gasteiger partial charge in [-0.1, -0.05) is 40.2 Å². The average Bonchev–Trinajstić information content (AvgIpc) is 2.58. The van der Waals surface area contributed by atoms with Crippen LogP contribution in [0, 0.1) is 10.1 Å². The van der Waals surface area contributed by atoms with Crippen molar-refractivity contribution >= 4 is 27.5 Å². The van der Waals surface area contributed by atoms with Gasteiger partial charge in [-0.15, -0.1) is 0 Å². The fraction of sp³-hybridized carbons (Fsp3) is 0.188. The van der Waals surface area contributed by atoms with Gasteiger partial charge in [-0.3, -0.25) is 14.9 Å². The Kier molecular flexibility index (Phi) is 6.10. The number of carbonyl (C=O) groups is 1. The van der Waals surface area contributed by atoms with E-state index in [1.807, 2.05) is 30.3 Å². The molecule has 0 saturated carbocycles. The number of nitrogens with zero attached hydrogens (tertiary/aromatic N) is 1. The van der Waals surface area contributed by atoms with E-state index in [1.54, 1.807) is 12.1 Å². The summed E-state index contributed by atoms with van der Waals surface area (Å²) in [7, 11) is 0. The molecule has 0 aliphatic heterocycles. The number of nitro benzene ring substituents is 1. The third-order valence-electron chi connectivity index (χ3n) is 3.09. The second-order valence-electron chi connectivity index (χ2n) is 4.65. The number of amides is 1. The maximum Gasteiger partial charge on any atom is 0.274 e. The number of nitrogens with one attached hydrogen (secondary N) is 1. The van der Waals surface area contributed by atoms with Crippen LogP contribution in [0.2, 0.25) is 0 Å². The van der Waals surface area contributed by atoms with Crippen molar-refractivity contribution < 1.29 is 14.5 Å². The Labute approximate surface area is 141 Å². The molecular formula is C16H15BrN2O4. The fourth-order valence-electron chi connectivity index (χ4n) is 1.94. The van der Waals surface area contributed by atoms with Gasteiger partial charge in [0.25, 0.3) is 11.6 Å². The molecule has 2 aromatic carbocycles.